The molecule has 1 aliphatic rings. The lowest BCUT2D eigenvalue weighted by Crippen LogP contribution is -2.39. The summed E-state index contributed by atoms with van der Waals surface area (Å²) < 4.78 is 4.87. The van der Waals surface area contributed by atoms with Crippen molar-refractivity contribution in [2.75, 3.05) is 26.8 Å². The topological polar surface area (TPSA) is 50.4 Å². The molecule has 0 heterocycles. The van der Waals surface area contributed by atoms with Gasteiger partial charge in [0.2, 0.25) is 5.91 Å². The van der Waals surface area contributed by atoms with E-state index in [0.717, 1.165) is 12.8 Å². The highest BCUT2D eigenvalue weighted by molar-refractivity contribution is 5.78. The number of allylic oxidation sites excluding steroid dienone is 1. The summed E-state index contributed by atoms with van der Waals surface area (Å²) in [6, 6.07) is 0.350. The van der Waals surface area contributed by atoms with E-state index in [9.17, 15) is 4.79 Å². The van der Waals surface area contributed by atoms with Gasteiger partial charge in [0, 0.05) is 19.7 Å². The van der Waals surface area contributed by atoms with Gasteiger partial charge in [-0.1, -0.05) is 25.0 Å². The summed E-state index contributed by atoms with van der Waals surface area (Å²) in [6.07, 6.45) is 10.5. The molecule has 4 heteroatoms. The van der Waals surface area contributed by atoms with Crippen molar-refractivity contribution in [3.8, 4) is 0 Å². The number of amides is 1. The highest BCUT2D eigenvalue weighted by Gasteiger charge is 2.08. The van der Waals surface area contributed by atoms with Gasteiger partial charge in [-0.05, 0) is 19.3 Å². The van der Waals surface area contributed by atoms with Gasteiger partial charge in [0.1, 0.15) is 0 Å². The van der Waals surface area contributed by atoms with Gasteiger partial charge < -0.3 is 15.4 Å². The van der Waals surface area contributed by atoms with E-state index in [1.54, 1.807) is 7.11 Å². The van der Waals surface area contributed by atoms with E-state index in [-0.39, 0.29) is 5.91 Å². The number of rotatable bonds is 6. The Balaban J connectivity index is 2.14. The summed E-state index contributed by atoms with van der Waals surface area (Å²) in [4.78, 5) is 11.5. The van der Waals surface area contributed by atoms with E-state index in [1.165, 1.54) is 19.3 Å². The molecule has 0 radical (unpaired) electrons. The molecule has 0 aromatic heterocycles. The van der Waals surface area contributed by atoms with Crippen LogP contribution >= 0.6 is 0 Å². The molecular formula is C13H24N2O2. The van der Waals surface area contributed by atoms with Crippen LogP contribution < -0.4 is 10.6 Å². The van der Waals surface area contributed by atoms with Crippen molar-refractivity contribution in [3.63, 3.8) is 0 Å². The molecule has 1 aliphatic carbocycles. The van der Waals surface area contributed by atoms with E-state index in [4.69, 9.17) is 4.74 Å². The summed E-state index contributed by atoms with van der Waals surface area (Å²) >= 11 is 0. The maximum Gasteiger partial charge on any atom is 0.234 e. The maximum atomic E-state index is 11.5. The molecule has 1 rings (SSSR count). The number of nitrogens with one attached hydrogen (secondary N) is 2. The van der Waals surface area contributed by atoms with Crippen LogP contribution in [0.2, 0.25) is 0 Å². The zero-order valence-electron chi connectivity index (χ0n) is 10.7. The molecule has 1 unspecified atom stereocenters. The molecule has 1 atom stereocenters. The molecule has 0 aromatic carbocycles. The zero-order valence-corrected chi connectivity index (χ0v) is 10.7. The fraction of sp³-hybridized carbons (Fsp3) is 0.769. The minimum atomic E-state index is 0.0394. The predicted molar refractivity (Wildman–Crippen MR) is 68.9 cm³/mol. The quantitative estimate of drug-likeness (QED) is 0.542. The smallest absolute Gasteiger partial charge is 0.234 e. The third-order valence-corrected chi connectivity index (χ3v) is 2.91. The number of carbonyl (C=O) groups excluding carboxylic acids is 1. The second-order valence-electron chi connectivity index (χ2n) is 4.40. The third-order valence-electron chi connectivity index (χ3n) is 2.91. The van der Waals surface area contributed by atoms with Crippen LogP contribution in [0.15, 0.2) is 12.2 Å². The highest BCUT2D eigenvalue weighted by Crippen LogP contribution is 2.11. The normalized spacial score (nSPS) is 22.5. The zero-order chi connectivity index (χ0) is 12.3. The number of hydrogen-bond donors (Lipinski definition) is 2. The first-order chi connectivity index (χ1) is 8.33. The molecule has 0 spiro atoms. The van der Waals surface area contributed by atoms with Crippen molar-refractivity contribution in [2.45, 2.75) is 38.1 Å². The Kier molecular flexibility index (Phi) is 7.67. The molecule has 0 bridgehead atoms. The van der Waals surface area contributed by atoms with Gasteiger partial charge in [-0.3, -0.25) is 4.79 Å². The van der Waals surface area contributed by atoms with Gasteiger partial charge in [-0.25, -0.2) is 0 Å². The average molecular weight is 240 g/mol. The van der Waals surface area contributed by atoms with Gasteiger partial charge in [-0.15, -0.1) is 0 Å². The van der Waals surface area contributed by atoms with Crippen molar-refractivity contribution in [3.05, 3.63) is 12.2 Å². The second-order valence-corrected chi connectivity index (χ2v) is 4.40. The summed E-state index contributed by atoms with van der Waals surface area (Å²) in [6.45, 7) is 1.53. The standard InChI is InChI=1S/C13H24N2O2/c1-17-10-9-14-13(16)11-15-12-7-5-3-2-4-6-8-12/h5,7,12,15H,2-4,6,8-11H2,1H3,(H,14,16)/b7-5+. The summed E-state index contributed by atoms with van der Waals surface area (Å²) in [5.41, 5.74) is 0. The molecule has 0 aliphatic heterocycles. The number of ether oxygens (including phenoxy) is 1. The summed E-state index contributed by atoms with van der Waals surface area (Å²) in [7, 11) is 1.63. The van der Waals surface area contributed by atoms with Gasteiger partial charge in [0.25, 0.3) is 0 Å². The molecule has 98 valence electrons. The first-order valence-electron chi connectivity index (χ1n) is 6.48. The van der Waals surface area contributed by atoms with Crippen molar-refractivity contribution in [2.24, 2.45) is 0 Å². The lowest BCUT2D eigenvalue weighted by atomic mass is 10.0. The Labute approximate surface area is 104 Å². The summed E-state index contributed by atoms with van der Waals surface area (Å²) in [5, 5.41) is 6.08. The van der Waals surface area contributed by atoms with Crippen molar-refractivity contribution in [1.82, 2.24) is 10.6 Å². The van der Waals surface area contributed by atoms with Crippen LogP contribution in [0.5, 0.6) is 0 Å². The predicted octanol–water partition coefficient (Wildman–Crippen LogP) is 1.23. The Bertz CT molecular complexity index is 242. The molecule has 1 amide bonds. The third kappa shape index (κ3) is 7.13. The highest BCUT2D eigenvalue weighted by atomic mass is 16.5. The SMILES string of the molecule is COCCNC(=O)CNC1/C=C/CCCCC1. The first kappa shape index (κ1) is 14.2. The van der Waals surface area contributed by atoms with Crippen LogP contribution in [0.1, 0.15) is 32.1 Å². The van der Waals surface area contributed by atoms with E-state index >= 15 is 0 Å². The van der Waals surface area contributed by atoms with Gasteiger partial charge in [-0.2, -0.15) is 0 Å². The van der Waals surface area contributed by atoms with Gasteiger partial charge >= 0.3 is 0 Å². The second kappa shape index (κ2) is 9.19. The molecule has 0 aromatic rings. The van der Waals surface area contributed by atoms with Crippen LogP contribution in [0.3, 0.4) is 0 Å². The van der Waals surface area contributed by atoms with Crippen LogP contribution in [-0.2, 0) is 9.53 Å². The van der Waals surface area contributed by atoms with E-state index in [2.05, 4.69) is 22.8 Å². The van der Waals surface area contributed by atoms with E-state index in [1.807, 2.05) is 0 Å². The van der Waals surface area contributed by atoms with Gasteiger partial charge in [0.05, 0.1) is 13.2 Å². The van der Waals surface area contributed by atoms with Crippen LogP contribution in [0.25, 0.3) is 0 Å². The average Bonchev–Trinajstić information content (AvgIpc) is 2.28. The number of methoxy groups -OCH3 is 1. The first-order valence-corrected chi connectivity index (χ1v) is 6.48. The van der Waals surface area contributed by atoms with E-state index in [0.29, 0.717) is 25.7 Å². The number of carbonyl (C=O) groups is 1. The Morgan fingerprint density at radius 1 is 1.41 bits per heavy atom. The lowest BCUT2D eigenvalue weighted by molar-refractivity contribution is -0.120. The molecule has 0 saturated carbocycles. The molecule has 0 fully saturated rings. The Morgan fingerprint density at radius 3 is 3.12 bits per heavy atom. The fourth-order valence-electron chi connectivity index (χ4n) is 1.91. The van der Waals surface area contributed by atoms with Crippen molar-refractivity contribution in [1.29, 1.82) is 0 Å². The Hall–Kier alpha value is -0.870. The lowest BCUT2D eigenvalue weighted by Gasteiger charge is -2.16. The monoisotopic (exact) mass is 240 g/mol. The van der Waals surface area contributed by atoms with Crippen LogP contribution in [0, 0.1) is 0 Å². The van der Waals surface area contributed by atoms with E-state index < -0.39 is 0 Å². The minimum absolute atomic E-state index is 0.0394. The molecule has 4 nitrogen and oxygen atoms in total. The van der Waals surface area contributed by atoms with Crippen LogP contribution in [0.4, 0.5) is 0 Å². The molecule has 2 N–H and O–H groups in total. The minimum Gasteiger partial charge on any atom is -0.383 e. The van der Waals surface area contributed by atoms with Crippen molar-refractivity contribution < 1.29 is 9.53 Å². The summed E-state index contributed by atoms with van der Waals surface area (Å²) in [5.74, 6) is 0.0394. The van der Waals surface area contributed by atoms with Crippen LogP contribution in [-0.4, -0.2) is 38.8 Å². The maximum absolute atomic E-state index is 11.5. The fourth-order valence-corrected chi connectivity index (χ4v) is 1.91. The van der Waals surface area contributed by atoms with Gasteiger partial charge in [0.15, 0.2) is 0 Å². The largest absolute Gasteiger partial charge is 0.383 e. The molecular weight excluding hydrogens is 216 g/mol. The number of hydrogen-bond acceptors (Lipinski definition) is 3. The molecule has 0 saturated heterocycles. The Morgan fingerprint density at radius 2 is 2.29 bits per heavy atom. The van der Waals surface area contributed by atoms with Crippen molar-refractivity contribution >= 4 is 5.91 Å². The molecule has 17 heavy (non-hydrogen) atoms.